The number of para-hydroxylation sites is 2. The Morgan fingerprint density at radius 1 is 1.47 bits per heavy atom. The molecule has 2 aromatic rings. The molecule has 0 bridgehead atoms. The van der Waals surface area contributed by atoms with Crippen LogP contribution in [0.15, 0.2) is 29.4 Å². The molecule has 1 aromatic heterocycles. The number of carbonyl (C=O) groups is 1. The minimum atomic E-state index is 0.0615. The number of rotatable bonds is 6. The summed E-state index contributed by atoms with van der Waals surface area (Å²) in [5.41, 5.74) is 1.94. The van der Waals surface area contributed by atoms with Gasteiger partial charge in [0, 0.05) is 6.04 Å². The van der Waals surface area contributed by atoms with Crippen LogP contribution in [0, 0.1) is 0 Å². The molecule has 0 aliphatic carbocycles. The van der Waals surface area contributed by atoms with Gasteiger partial charge in [-0.1, -0.05) is 37.2 Å². The third-order valence-electron chi connectivity index (χ3n) is 2.84. The highest BCUT2D eigenvalue weighted by molar-refractivity contribution is 7.99. The summed E-state index contributed by atoms with van der Waals surface area (Å²) in [6.45, 7) is 4.15. The predicted molar refractivity (Wildman–Crippen MR) is 79.3 cm³/mol. The van der Waals surface area contributed by atoms with Crippen LogP contribution in [-0.2, 0) is 4.79 Å². The van der Waals surface area contributed by atoms with E-state index in [4.69, 9.17) is 0 Å². The number of hydrogen-bond acceptors (Lipinski definition) is 3. The highest BCUT2D eigenvalue weighted by Crippen LogP contribution is 2.18. The van der Waals surface area contributed by atoms with Gasteiger partial charge in [0.05, 0.1) is 16.8 Å². The Morgan fingerprint density at radius 2 is 2.26 bits per heavy atom. The number of nitrogens with zero attached hydrogens (tertiary/aromatic N) is 1. The van der Waals surface area contributed by atoms with E-state index in [-0.39, 0.29) is 11.9 Å². The largest absolute Gasteiger partial charge is 0.353 e. The van der Waals surface area contributed by atoms with Crippen molar-refractivity contribution in [3.63, 3.8) is 0 Å². The van der Waals surface area contributed by atoms with E-state index in [1.165, 1.54) is 11.8 Å². The average molecular weight is 277 g/mol. The van der Waals surface area contributed by atoms with Gasteiger partial charge >= 0.3 is 0 Å². The molecular weight excluding hydrogens is 258 g/mol. The lowest BCUT2D eigenvalue weighted by Crippen LogP contribution is -2.33. The van der Waals surface area contributed by atoms with Gasteiger partial charge in [-0.2, -0.15) is 0 Å². The van der Waals surface area contributed by atoms with Gasteiger partial charge in [0.25, 0.3) is 0 Å². The average Bonchev–Trinajstić information content (AvgIpc) is 2.79. The number of fused-ring (bicyclic) bond motifs is 1. The molecule has 1 atom stereocenters. The minimum Gasteiger partial charge on any atom is -0.353 e. The van der Waals surface area contributed by atoms with Crippen LogP contribution < -0.4 is 5.32 Å². The topological polar surface area (TPSA) is 57.8 Å². The molecule has 19 heavy (non-hydrogen) atoms. The normalized spacial score (nSPS) is 12.5. The van der Waals surface area contributed by atoms with Gasteiger partial charge in [0.1, 0.15) is 0 Å². The minimum absolute atomic E-state index is 0.0615. The van der Waals surface area contributed by atoms with Crippen molar-refractivity contribution in [3.05, 3.63) is 24.3 Å². The van der Waals surface area contributed by atoms with Crippen molar-refractivity contribution in [1.29, 1.82) is 0 Å². The van der Waals surface area contributed by atoms with Crippen LogP contribution in [0.1, 0.15) is 26.7 Å². The molecule has 1 heterocycles. The van der Waals surface area contributed by atoms with Crippen molar-refractivity contribution in [3.8, 4) is 0 Å². The first-order chi connectivity index (χ1) is 9.19. The van der Waals surface area contributed by atoms with Gasteiger partial charge in [-0.05, 0) is 25.5 Å². The van der Waals surface area contributed by atoms with E-state index in [9.17, 15) is 4.79 Å². The molecule has 0 saturated carbocycles. The summed E-state index contributed by atoms with van der Waals surface area (Å²) in [5.74, 6) is 0.458. The number of aromatic nitrogens is 2. The molecule has 0 unspecified atom stereocenters. The Kier molecular flexibility index (Phi) is 4.85. The summed E-state index contributed by atoms with van der Waals surface area (Å²) in [6, 6.07) is 8.11. The van der Waals surface area contributed by atoms with Gasteiger partial charge in [-0.3, -0.25) is 4.79 Å². The summed E-state index contributed by atoms with van der Waals surface area (Å²) in [4.78, 5) is 19.4. The van der Waals surface area contributed by atoms with Crippen molar-refractivity contribution in [2.45, 2.75) is 37.9 Å². The molecule has 0 aliphatic heterocycles. The third-order valence-corrected chi connectivity index (χ3v) is 3.71. The molecule has 102 valence electrons. The van der Waals surface area contributed by atoms with Crippen LogP contribution in [-0.4, -0.2) is 27.7 Å². The molecule has 1 amide bonds. The number of hydrogen-bond donors (Lipinski definition) is 2. The van der Waals surface area contributed by atoms with E-state index in [1.54, 1.807) is 0 Å². The molecular formula is C14H19N3OS. The van der Waals surface area contributed by atoms with E-state index in [1.807, 2.05) is 31.2 Å². The highest BCUT2D eigenvalue weighted by Gasteiger charge is 2.09. The van der Waals surface area contributed by atoms with E-state index < -0.39 is 0 Å². The number of amides is 1. The maximum Gasteiger partial charge on any atom is 0.230 e. The molecule has 4 nitrogen and oxygen atoms in total. The number of aromatic amines is 1. The van der Waals surface area contributed by atoms with E-state index >= 15 is 0 Å². The zero-order valence-corrected chi connectivity index (χ0v) is 12.1. The molecule has 1 aromatic carbocycles. The van der Waals surface area contributed by atoms with Crippen LogP contribution >= 0.6 is 11.8 Å². The number of H-pyrrole nitrogens is 1. The van der Waals surface area contributed by atoms with Gasteiger partial charge in [0.2, 0.25) is 5.91 Å². The second kappa shape index (κ2) is 6.61. The fourth-order valence-corrected chi connectivity index (χ4v) is 2.65. The Morgan fingerprint density at radius 3 is 3.00 bits per heavy atom. The quantitative estimate of drug-likeness (QED) is 0.798. The Bertz CT molecular complexity index is 519. The second-order valence-electron chi connectivity index (χ2n) is 4.61. The molecule has 0 spiro atoms. The maximum atomic E-state index is 11.7. The Hall–Kier alpha value is -1.49. The maximum absolute atomic E-state index is 11.7. The van der Waals surface area contributed by atoms with Crippen LogP contribution in [0.4, 0.5) is 0 Å². The number of thioether (sulfide) groups is 1. The first kappa shape index (κ1) is 13.9. The fraction of sp³-hybridized carbons (Fsp3) is 0.429. The lowest BCUT2D eigenvalue weighted by Gasteiger charge is -2.11. The Balaban J connectivity index is 1.86. The monoisotopic (exact) mass is 277 g/mol. The number of nitrogens with one attached hydrogen (secondary N) is 2. The lowest BCUT2D eigenvalue weighted by atomic mass is 10.2. The van der Waals surface area contributed by atoms with Crippen molar-refractivity contribution in [2.75, 3.05) is 5.75 Å². The number of carbonyl (C=O) groups excluding carboxylic acids is 1. The summed E-state index contributed by atoms with van der Waals surface area (Å²) in [7, 11) is 0. The van der Waals surface area contributed by atoms with Crippen LogP contribution in [0.25, 0.3) is 11.0 Å². The van der Waals surface area contributed by atoms with Crippen LogP contribution in [0.2, 0.25) is 0 Å². The van der Waals surface area contributed by atoms with E-state index in [2.05, 4.69) is 22.2 Å². The second-order valence-corrected chi connectivity index (χ2v) is 5.57. The highest BCUT2D eigenvalue weighted by atomic mass is 32.2. The van der Waals surface area contributed by atoms with E-state index in [0.29, 0.717) is 5.75 Å². The van der Waals surface area contributed by atoms with Crippen LogP contribution in [0.5, 0.6) is 0 Å². The first-order valence-corrected chi connectivity index (χ1v) is 7.54. The van der Waals surface area contributed by atoms with Crippen molar-refractivity contribution in [1.82, 2.24) is 15.3 Å². The van der Waals surface area contributed by atoms with Gasteiger partial charge in [-0.25, -0.2) is 4.98 Å². The van der Waals surface area contributed by atoms with E-state index in [0.717, 1.165) is 29.0 Å². The van der Waals surface area contributed by atoms with Crippen LogP contribution in [0.3, 0.4) is 0 Å². The molecule has 0 saturated heterocycles. The summed E-state index contributed by atoms with van der Waals surface area (Å²) >= 11 is 1.44. The fourth-order valence-electron chi connectivity index (χ4n) is 1.95. The summed E-state index contributed by atoms with van der Waals surface area (Å²) in [6.07, 6.45) is 2.10. The zero-order valence-electron chi connectivity index (χ0n) is 11.3. The molecule has 5 heteroatoms. The number of benzene rings is 1. The standard InChI is InChI=1S/C14H19N3OS/c1-3-6-10(2)15-13(18)9-19-14-16-11-7-4-5-8-12(11)17-14/h4-5,7-8,10H,3,6,9H2,1-2H3,(H,15,18)(H,16,17)/t10-/m1/s1. The number of imidazole rings is 1. The summed E-state index contributed by atoms with van der Waals surface area (Å²) in [5, 5.41) is 3.77. The molecule has 0 radical (unpaired) electrons. The molecule has 2 rings (SSSR count). The SMILES string of the molecule is CCC[C@@H](C)NC(=O)CSc1nc2ccccc2[nH]1. The van der Waals surface area contributed by atoms with Crippen molar-refractivity contribution >= 4 is 28.7 Å². The smallest absolute Gasteiger partial charge is 0.230 e. The summed E-state index contributed by atoms with van der Waals surface area (Å²) < 4.78 is 0. The Labute approximate surface area is 117 Å². The van der Waals surface area contributed by atoms with Crippen molar-refractivity contribution < 1.29 is 4.79 Å². The lowest BCUT2D eigenvalue weighted by molar-refractivity contribution is -0.119. The first-order valence-electron chi connectivity index (χ1n) is 6.56. The third kappa shape index (κ3) is 3.99. The zero-order chi connectivity index (χ0) is 13.7. The van der Waals surface area contributed by atoms with Gasteiger partial charge in [0.15, 0.2) is 5.16 Å². The van der Waals surface area contributed by atoms with Gasteiger partial charge in [-0.15, -0.1) is 0 Å². The molecule has 0 aliphatic rings. The molecule has 0 fully saturated rings. The van der Waals surface area contributed by atoms with Crippen molar-refractivity contribution in [2.24, 2.45) is 0 Å². The van der Waals surface area contributed by atoms with Gasteiger partial charge < -0.3 is 10.3 Å². The predicted octanol–water partition coefficient (Wildman–Crippen LogP) is 2.96. The molecule has 2 N–H and O–H groups in total.